The van der Waals surface area contributed by atoms with E-state index < -0.39 is 10.0 Å². The summed E-state index contributed by atoms with van der Waals surface area (Å²) >= 11 is 3.16. The Bertz CT molecular complexity index is 715. The number of halogens is 1. The second kappa shape index (κ2) is 5.87. The predicted molar refractivity (Wildman–Crippen MR) is 75.0 cm³/mol. The van der Waals surface area contributed by atoms with Gasteiger partial charge < -0.3 is 9.84 Å². The molecule has 0 saturated carbocycles. The number of oxazole rings is 1. The number of anilines is 1. The lowest BCUT2D eigenvalue weighted by molar-refractivity contribution is 0.463. The first-order valence-corrected chi connectivity index (χ1v) is 7.73. The number of nitrogens with one attached hydrogen (secondary N) is 2. The summed E-state index contributed by atoms with van der Waals surface area (Å²) in [6, 6.07) is 1.39. The van der Waals surface area contributed by atoms with E-state index in [1.54, 1.807) is 6.92 Å². The molecular formula is C10H12BrN5O3S. The molecule has 0 aliphatic carbocycles. The van der Waals surface area contributed by atoms with Crippen molar-refractivity contribution >= 4 is 31.8 Å². The van der Waals surface area contributed by atoms with Crippen LogP contribution in [0.4, 0.5) is 5.82 Å². The number of sulfonamides is 1. The van der Waals surface area contributed by atoms with Crippen LogP contribution >= 0.6 is 15.9 Å². The van der Waals surface area contributed by atoms with Gasteiger partial charge in [-0.1, -0.05) is 0 Å². The summed E-state index contributed by atoms with van der Waals surface area (Å²) in [4.78, 5) is 7.72. The van der Waals surface area contributed by atoms with Crippen molar-refractivity contribution in [2.24, 2.45) is 5.84 Å². The number of aryl methyl sites for hydroxylation is 1. The van der Waals surface area contributed by atoms with Crippen LogP contribution in [0.15, 0.2) is 32.2 Å². The topological polar surface area (TPSA) is 123 Å². The minimum atomic E-state index is -3.80. The molecule has 108 valence electrons. The van der Waals surface area contributed by atoms with Crippen molar-refractivity contribution in [1.29, 1.82) is 0 Å². The molecule has 0 aromatic carbocycles. The van der Waals surface area contributed by atoms with Crippen LogP contribution in [0.1, 0.15) is 11.7 Å². The van der Waals surface area contributed by atoms with Crippen LogP contribution < -0.4 is 16.0 Å². The maximum Gasteiger partial charge on any atom is 0.244 e. The molecule has 0 aliphatic heterocycles. The maximum absolute atomic E-state index is 12.2. The fourth-order valence-corrected chi connectivity index (χ4v) is 3.05. The number of nitrogens with zero attached hydrogens (tertiary/aromatic N) is 2. The third kappa shape index (κ3) is 3.33. The molecule has 0 bridgehead atoms. The molecule has 2 aromatic rings. The summed E-state index contributed by atoms with van der Waals surface area (Å²) in [6.07, 6.45) is 2.95. The van der Waals surface area contributed by atoms with Gasteiger partial charge in [0.15, 0.2) is 5.82 Å². The summed E-state index contributed by atoms with van der Waals surface area (Å²) < 4.78 is 32.5. The Hall–Kier alpha value is -1.49. The van der Waals surface area contributed by atoms with Crippen LogP contribution in [0.2, 0.25) is 0 Å². The van der Waals surface area contributed by atoms with Gasteiger partial charge in [-0.3, -0.25) is 0 Å². The number of rotatable bonds is 5. The Balaban J connectivity index is 2.24. The molecular weight excluding hydrogens is 350 g/mol. The van der Waals surface area contributed by atoms with Gasteiger partial charge in [0.05, 0.1) is 12.7 Å². The van der Waals surface area contributed by atoms with Gasteiger partial charge >= 0.3 is 0 Å². The average molecular weight is 362 g/mol. The van der Waals surface area contributed by atoms with Crippen LogP contribution in [0.25, 0.3) is 0 Å². The van der Waals surface area contributed by atoms with E-state index in [-0.39, 0.29) is 23.1 Å². The van der Waals surface area contributed by atoms with Gasteiger partial charge in [0.2, 0.25) is 15.9 Å². The Morgan fingerprint density at radius 3 is 2.75 bits per heavy atom. The second-order valence-electron chi connectivity index (χ2n) is 3.83. The summed E-state index contributed by atoms with van der Waals surface area (Å²) in [5.74, 6) is 6.18. The molecule has 2 aromatic heterocycles. The highest BCUT2D eigenvalue weighted by Crippen LogP contribution is 2.22. The highest BCUT2D eigenvalue weighted by molar-refractivity contribution is 9.10. The number of aromatic nitrogens is 2. The Morgan fingerprint density at radius 2 is 2.15 bits per heavy atom. The quantitative estimate of drug-likeness (QED) is 0.533. The molecule has 2 heterocycles. The first-order chi connectivity index (χ1) is 9.42. The van der Waals surface area contributed by atoms with Gasteiger partial charge in [0, 0.05) is 10.7 Å². The number of hydrogen-bond donors (Lipinski definition) is 3. The van der Waals surface area contributed by atoms with E-state index in [9.17, 15) is 8.42 Å². The predicted octanol–water partition coefficient (Wildman–Crippen LogP) is 0.905. The summed E-state index contributed by atoms with van der Waals surface area (Å²) in [6.45, 7) is 1.66. The van der Waals surface area contributed by atoms with Gasteiger partial charge in [-0.2, -0.15) is 0 Å². The zero-order chi connectivity index (χ0) is 14.8. The maximum atomic E-state index is 12.2. The zero-order valence-corrected chi connectivity index (χ0v) is 12.8. The van der Waals surface area contributed by atoms with Crippen molar-refractivity contribution in [3.8, 4) is 0 Å². The lowest BCUT2D eigenvalue weighted by Gasteiger charge is -2.09. The SMILES string of the molecule is Cc1cnc(CNS(=O)(=O)c2cc(Br)cnc2NN)o1. The molecule has 0 radical (unpaired) electrons. The van der Waals surface area contributed by atoms with Gasteiger partial charge in [0.25, 0.3) is 0 Å². The largest absolute Gasteiger partial charge is 0.445 e. The van der Waals surface area contributed by atoms with Gasteiger partial charge in [-0.15, -0.1) is 0 Å². The van der Waals surface area contributed by atoms with Crippen LogP contribution in [0, 0.1) is 6.92 Å². The molecule has 0 unspecified atom stereocenters. The number of pyridine rings is 1. The summed E-state index contributed by atoms with van der Waals surface area (Å²) in [5, 5.41) is 0. The number of nitrogen functional groups attached to an aromatic ring is 1. The van der Waals surface area contributed by atoms with E-state index in [1.807, 2.05) is 0 Å². The highest BCUT2D eigenvalue weighted by atomic mass is 79.9. The monoisotopic (exact) mass is 361 g/mol. The third-order valence-corrected chi connectivity index (χ3v) is 4.18. The minimum Gasteiger partial charge on any atom is -0.445 e. The number of nitrogens with two attached hydrogens (primary N) is 1. The molecule has 0 fully saturated rings. The van der Waals surface area contributed by atoms with Crippen LogP contribution in [0.5, 0.6) is 0 Å². The molecule has 0 saturated heterocycles. The number of hydrazine groups is 1. The zero-order valence-electron chi connectivity index (χ0n) is 10.4. The van der Waals surface area contributed by atoms with Crippen molar-refractivity contribution in [2.45, 2.75) is 18.4 Å². The van der Waals surface area contributed by atoms with E-state index >= 15 is 0 Å². The van der Waals surface area contributed by atoms with Crippen molar-refractivity contribution in [3.63, 3.8) is 0 Å². The molecule has 0 aliphatic rings. The van der Waals surface area contributed by atoms with Crippen LogP contribution in [0.3, 0.4) is 0 Å². The van der Waals surface area contributed by atoms with E-state index in [1.165, 1.54) is 18.5 Å². The minimum absolute atomic E-state index is 0.0456. The highest BCUT2D eigenvalue weighted by Gasteiger charge is 2.20. The molecule has 8 nitrogen and oxygen atoms in total. The molecule has 0 atom stereocenters. The number of hydrogen-bond acceptors (Lipinski definition) is 7. The fraction of sp³-hybridized carbons (Fsp3) is 0.200. The first kappa shape index (κ1) is 14.9. The molecule has 0 amide bonds. The van der Waals surface area contributed by atoms with E-state index in [2.05, 4.69) is 36.0 Å². The second-order valence-corrected chi connectivity index (χ2v) is 6.48. The van der Waals surface area contributed by atoms with Crippen molar-refractivity contribution in [1.82, 2.24) is 14.7 Å². The van der Waals surface area contributed by atoms with Gasteiger partial charge in [-0.25, -0.2) is 29.0 Å². The van der Waals surface area contributed by atoms with E-state index in [0.29, 0.717) is 10.2 Å². The smallest absolute Gasteiger partial charge is 0.244 e. The summed E-state index contributed by atoms with van der Waals surface area (Å²) in [5.41, 5.74) is 2.24. The van der Waals surface area contributed by atoms with Crippen LogP contribution in [-0.4, -0.2) is 18.4 Å². The normalized spacial score (nSPS) is 11.6. The molecule has 4 N–H and O–H groups in total. The lowest BCUT2D eigenvalue weighted by Crippen LogP contribution is -2.25. The molecule has 2 rings (SSSR count). The van der Waals surface area contributed by atoms with Crippen molar-refractivity contribution in [2.75, 3.05) is 5.43 Å². The Kier molecular flexibility index (Phi) is 4.38. The Labute approximate surface area is 123 Å². The molecule has 20 heavy (non-hydrogen) atoms. The third-order valence-electron chi connectivity index (χ3n) is 2.33. The molecule has 0 spiro atoms. The standard InChI is InChI=1S/C10H12BrN5O3S/c1-6-3-13-9(19-6)5-15-20(17,18)8-2-7(11)4-14-10(8)16-12/h2-4,15H,5,12H2,1H3,(H,14,16). The summed E-state index contributed by atoms with van der Waals surface area (Å²) in [7, 11) is -3.80. The lowest BCUT2D eigenvalue weighted by atomic mass is 10.5. The van der Waals surface area contributed by atoms with Crippen LogP contribution in [-0.2, 0) is 16.6 Å². The van der Waals surface area contributed by atoms with Crippen molar-refractivity contribution in [3.05, 3.63) is 34.6 Å². The Morgan fingerprint density at radius 1 is 1.40 bits per heavy atom. The molecule has 10 heteroatoms. The van der Waals surface area contributed by atoms with Gasteiger partial charge in [0.1, 0.15) is 10.7 Å². The van der Waals surface area contributed by atoms with E-state index in [0.717, 1.165) is 0 Å². The van der Waals surface area contributed by atoms with E-state index in [4.69, 9.17) is 10.3 Å². The van der Waals surface area contributed by atoms with Crippen molar-refractivity contribution < 1.29 is 12.8 Å². The average Bonchev–Trinajstić information content (AvgIpc) is 2.82. The first-order valence-electron chi connectivity index (χ1n) is 5.45. The fourth-order valence-electron chi connectivity index (χ4n) is 1.45. The van der Waals surface area contributed by atoms with Gasteiger partial charge in [-0.05, 0) is 28.9 Å².